The summed E-state index contributed by atoms with van der Waals surface area (Å²) in [4.78, 5) is 25.4. The van der Waals surface area contributed by atoms with Gasteiger partial charge in [-0.2, -0.15) is 8.78 Å². The van der Waals surface area contributed by atoms with Gasteiger partial charge in [0.25, 0.3) is 0 Å². The molecule has 0 fully saturated rings. The van der Waals surface area contributed by atoms with Crippen molar-refractivity contribution in [2.45, 2.75) is 13.0 Å². The molecule has 7 nitrogen and oxygen atoms in total. The number of esters is 1. The van der Waals surface area contributed by atoms with Gasteiger partial charge in [-0.25, -0.2) is 18.0 Å². The molecule has 206 valence electrons. The fourth-order valence-corrected chi connectivity index (χ4v) is 4.13. The first-order valence-corrected chi connectivity index (χ1v) is 11.6. The van der Waals surface area contributed by atoms with E-state index in [1.54, 1.807) is 13.2 Å². The van der Waals surface area contributed by atoms with Crippen LogP contribution in [-0.4, -0.2) is 29.5 Å². The summed E-state index contributed by atoms with van der Waals surface area (Å²) in [6.07, 6.45) is 1.61. The van der Waals surface area contributed by atoms with Gasteiger partial charge in [-0.1, -0.05) is 0 Å². The van der Waals surface area contributed by atoms with Gasteiger partial charge < -0.3 is 23.5 Å². The van der Waals surface area contributed by atoms with Gasteiger partial charge in [-0.3, -0.25) is 4.79 Å². The van der Waals surface area contributed by atoms with E-state index >= 15 is 0 Å². The molecule has 1 aliphatic rings. The number of hydrogen-bond acceptors (Lipinski definition) is 6. The molecule has 12 heteroatoms. The van der Waals surface area contributed by atoms with Gasteiger partial charge in [0.05, 0.1) is 12.7 Å². The number of carbonyl (C=O) groups excluding carboxylic acids is 2. The maximum absolute atomic E-state index is 13.9. The Morgan fingerprint density at radius 2 is 1.60 bits per heavy atom. The van der Waals surface area contributed by atoms with Crippen LogP contribution in [0.25, 0.3) is 17.0 Å². The molecule has 2 heterocycles. The lowest BCUT2D eigenvalue weighted by molar-refractivity contribution is -0.141. The number of ketones is 1. The molecule has 0 amide bonds. The lowest BCUT2D eigenvalue weighted by Gasteiger charge is -2.15. The summed E-state index contributed by atoms with van der Waals surface area (Å²) in [6.45, 7) is 0.994. The molecular weight excluding hydrogens is 541 g/mol. The Labute approximate surface area is 222 Å². The number of hydrogen-bond donors (Lipinski definition) is 0. The average Bonchev–Trinajstić information content (AvgIpc) is 3.43. The molecule has 40 heavy (non-hydrogen) atoms. The largest absolute Gasteiger partial charge is 0.497 e. The van der Waals surface area contributed by atoms with Crippen molar-refractivity contribution in [3.8, 4) is 23.0 Å². The fourth-order valence-electron chi connectivity index (χ4n) is 4.13. The smallest absolute Gasteiger partial charge is 0.352 e. The van der Waals surface area contributed by atoms with Crippen LogP contribution in [0.3, 0.4) is 0 Å². The van der Waals surface area contributed by atoms with Crippen LogP contribution in [0.2, 0.25) is 0 Å². The molecule has 1 aliphatic heterocycles. The van der Waals surface area contributed by atoms with E-state index in [1.807, 2.05) is 36.0 Å². The number of allylic oxidation sites excluding steroid dienone is 1. The van der Waals surface area contributed by atoms with Crippen LogP contribution < -0.4 is 18.9 Å². The second-order valence-electron chi connectivity index (χ2n) is 8.76. The van der Waals surface area contributed by atoms with Gasteiger partial charge in [0.1, 0.15) is 17.2 Å². The predicted molar refractivity (Wildman–Crippen MR) is 131 cm³/mol. The molecule has 1 aromatic heterocycles. The van der Waals surface area contributed by atoms with Crippen molar-refractivity contribution in [3.05, 3.63) is 88.6 Å². The molecule has 1 atom stereocenters. The van der Waals surface area contributed by atoms with Crippen molar-refractivity contribution in [1.82, 2.24) is 4.57 Å². The summed E-state index contributed by atoms with van der Waals surface area (Å²) >= 11 is 0. The highest BCUT2D eigenvalue weighted by Crippen LogP contribution is 2.36. The van der Waals surface area contributed by atoms with Crippen LogP contribution in [0, 0.1) is 29.1 Å². The minimum Gasteiger partial charge on any atom is -0.497 e. The van der Waals surface area contributed by atoms with Crippen molar-refractivity contribution in [2.24, 2.45) is 7.05 Å². The normalized spacial score (nSPS) is 14.3. The number of carbonyl (C=O) groups is 2. The molecule has 1 unspecified atom stereocenters. The summed E-state index contributed by atoms with van der Waals surface area (Å²) in [5.41, 5.74) is 1.78. The van der Waals surface area contributed by atoms with Crippen LogP contribution in [0.15, 0.2) is 48.4 Å². The number of rotatable bonds is 6. The Kier molecular flexibility index (Phi) is 6.70. The minimum atomic E-state index is -2.36. The van der Waals surface area contributed by atoms with Crippen LogP contribution in [-0.2, 0) is 11.8 Å². The van der Waals surface area contributed by atoms with E-state index in [2.05, 4.69) is 0 Å². The lowest BCUT2D eigenvalue weighted by Crippen LogP contribution is -2.29. The standard InChI is InChI=1S/C28H18F5NO6/c1-12(38-27-24(32)22(30)21(29)23(31)25(27)33)28(36)39-15-4-6-16-19(10-15)40-20(26(16)35)8-13-11-34(2)18-7-5-14(37-3)9-17(13)18/h4-12H,1-3H3/b20-8-. The lowest BCUT2D eigenvalue weighted by atomic mass is 10.1. The predicted octanol–water partition coefficient (Wildman–Crippen LogP) is 5.87. The van der Waals surface area contributed by atoms with E-state index in [1.165, 1.54) is 18.2 Å². The quantitative estimate of drug-likeness (QED) is 0.0735. The average molecular weight is 559 g/mol. The molecule has 5 rings (SSSR count). The van der Waals surface area contributed by atoms with E-state index in [4.69, 9.17) is 18.9 Å². The van der Waals surface area contributed by atoms with E-state index < -0.39 is 52.7 Å². The summed E-state index contributed by atoms with van der Waals surface area (Å²) in [5, 5.41) is 0.819. The summed E-state index contributed by atoms with van der Waals surface area (Å²) in [6, 6.07) is 9.37. The van der Waals surface area contributed by atoms with Crippen LogP contribution in [0.1, 0.15) is 22.8 Å². The SMILES string of the molecule is COc1ccc2c(c1)c(/C=C1\Oc3cc(OC(=O)C(C)Oc4c(F)c(F)c(F)c(F)c4F)ccc3C1=O)cn2C. The van der Waals surface area contributed by atoms with E-state index in [9.17, 15) is 31.5 Å². The van der Waals surface area contributed by atoms with Crippen molar-refractivity contribution < 1.29 is 50.5 Å². The zero-order valence-corrected chi connectivity index (χ0v) is 21.0. The monoisotopic (exact) mass is 559 g/mol. The Morgan fingerprint density at radius 3 is 2.27 bits per heavy atom. The van der Waals surface area contributed by atoms with Gasteiger partial charge in [-0.15, -0.1) is 0 Å². The number of ether oxygens (including phenoxy) is 4. The Balaban J connectivity index is 1.35. The highest BCUT2D eigenvalue weighted by Gasteiger charge is 2.31. The number of nitrogens with zero attached hydrogens (tertiary/aromatic N) is 1. The number of Topliss-reactive ketones (excluding diaryl/α,β-unsaturated/α-hetero) is 1. The maximum Gasteiger partial charge on any atom is 0.352 e. The van der Waals surface area contributed by atoms with Gasteiger partial charge in [0.15, 0.2) is 17.6 Å². The first-order valence-electron chi connectivity index (χ1n) is 11.6. The molecule has 0 spiro atoms. The molecule has 0 radical (unpaired) electrons. The zero-order chi connectivity index (χ0) is 28.9. The summed E-state index contributed by atoms with van der Waals surface area (Å²) < 4.78 is 90.6. The number of methoxy groups -OCH3 is 1. The number of fused-ring (bicyclic) bond motifs is 2. The molecule has 0 bridgehead atoms. The molecule has 0 saturated heterocycles. The first-order chi connectivity index (χ1) is 19.0. The molecule has 0 saturated carbocycles. The maximum atomic E-state index is 13.9. The fraction of sp³-hybridized carbons (Fsp3) is 0.143. The number of aryl methyl sites for hydroxylation is 1. The van der Waals surface area contributed by atoms with Crippen molar-refractivity contribution in [1.29, 1.82) is 0 Å². The first kappa shape index (κ1) is 26.7. The van der Waals surface area contributed by atoms with Gasteiger partial charge in [0.2, 0.25) is 34.9 Å². The second kappa shape index (κ2) is 10.0. The summed E-state index contributed by atoms with van der Waals surface area (Å²) in [7, 11) is 3.39. The zero-order valence-electron chi connectivity index (χ0n) is 21.0. The third-order valence-electron chi connectivity index (χ3n) is 6.17. The van der Waals surface area contributed by atoms with Crippen molar-refractivity contribution in [3.63, 3.8) is 0 Å². The van der Waals surface area contributed by atoms with Gasteiger partial charge in [-0.05, 0) is 43.3 Å². The van der Waals surface area contributed by atoms with Crippen LogP contribution in [0.4, 0.5) is 22.0 Å². The van der Waals surface area contributed by atoms with Crippen molar-refractivity contribution in [2.75, 3.05) is 7.11 Å². The number of benzene rings is 3. The number of aromatic nitrogens is 1. The van der Waals surface area contributed by atoms with Crippen molar-refractivity contribution >= 4 is 28.7 Å². The Bertz CT molecular complexity index is 1720. The Morgan fingerprint density at radius 1 is 0.950 bits per heavy atom. The molecule has 0 N–H and O–H groups in total. The molecular formula is C28H18F5NO6. The van der Waals surface area contributed by atoms with E-state index in [-0.39, 0.29) is 22.8 Å². The van der Waals surface area contributed by atoms with E-state index in [0.29, 0.717) is 11.3 Å². The second-order valence-corrected chi connectivity index (χ2v) is 8.76. The van der Waals surface area contributed by atoms with Gasteiger partial charge in [0, 0.05) is 35.8 Å². The topological polar surface area (TPSA) is 76.0 Å². The van der Waals surface area contributed by atoms with Crippen LogP contribution >= 0.6 is 0 Å². The highest BCUT2D eigenvalue weighted by atomic mass is 19.2. The minimum absolute atomic E-state index is 0.0109. The van der Waals surface area contributed by atoms with Gasteiger partial charge >= 0.3 is 5.97 Å². The third-order valence-corrected chi connectivity index (χ3v) is 6.17. The number of halogens is 5. The summed E-state index contributed by atoms with van der Waals surface area (Å²) in [5.74, 6) is -13.9. The molecule has 0 aliphatic carbocycles. The third kappa shape index (κ3) is 4.51. The van der Waals surface area contributed by atoms with Crippen LogP contribution in [0.5, 0.6) is 23.0 Å². The Hall–Kier alpha value is -4.87. The highest BCUT2D eigenvalue weighted by molar-refractivity contribution is 6.15. The molecule has 3 aromatic carbocycles. The molecule has 4 aromatic rings. The van der Waals surface area contributed by atoms with E-state index in [0.717, 1.165) is 17.8 Å².